The minimum absolute atomic E-state index is 0.160. The smallest absolute Gasteiger partial charge is 0.335 e. The Bertz CT molecular complexity index is 707. The molecular formula is C14H10BrNO4. The van der Waals surface area contributed by atoms with E-state index in [0.29, 0.717) is 23.2 Å². The molecule has 20 heavy (non-hydrogen) atoms. The number of nitrogens with zero attached hydrogens (tertiary/aromatic N) is 1. The number of furan rings is 1. The van der Waals surface area contributed by atoms with Gasteiger partial charge in [0.05, 0.1) is 17.4 Å². The van der Waals surface area contributed by atoms with Crippen LogP contribution in [-0.2, 0) is 6.42 Å². The Hall–Kier alpha value is -2.08. The summed E-state index contributed by atoms with van der Waals surface area (Å²) >= 11 is 3.19. The molecule has 1 N–H and O–H groups in total. The van der Waals surface area contributed by atoms with Gasteiger partial charge in [-0.25, -0.2) is 4.79 Å². The number of benzene rings is 1. The first-order valence-corrected chi connectivity index (χ1v) is 6.78. The van der Waals surface area contributed by atoms with Gasteiger partial charge in [-0.05, 0) is 52.2 Å². The van der Waals surface area contributed by atoms with E-state index in [1.54, 1.807) is 23.1 Å². The number of halogens is 1. The Kier molecular flexibility index (Phi) is 3.10. The molecule has 0 fully saturated rings. The molecule has 0 saturated carbocycles. The molecule has 1 aliphatic rings. The first-order chi connectivity index (χ1) is 9.58. The number of anilines is 1. The number of carbonyl (C=O) groups excluding carboxylic acids is 1. The normalized spacial score (nSPS) is 13.3. The Morgan fingerprint density at radius 3 is 2.75 bits per heavy atom. The van der Waals surface area contributed by atoms with Crippen molar-refractivity contribution in [1.29, 1.82) is 0 Å². The molecule has 5 nitrogen and oxygen atoms in total. The van der Waals surface area contributed by atoms with Crippen molar-refractivity contribution >= 4 is 33.5 Å². The minimum atomic E-state index is -0.963. The SMILES string of the molecule is O=C(O)c1ccc2c(c1)CCN2C(=O)c1ccoc1Br. The average molecular weight is 336 g/mol. The maximum atomic E-state index is 12.4. The number of hydrogen-bond acceptors (Lipinski definition) is 3. The van der Waals surface area contributed by atoms with Crippen LogP contribution in [-0.4, -0.2) is 23.5 Å². The van der Waals surface area contributed by atoms with Gasteiger partial charge in [-0.3, -0.25) is 4.79 Å². The summed E-state index contributed by atoms with van der Waals surface area (Å²) in [5.41, 5.74) is 2.33. The van der Waals surface area contributed by atoms with Crippen molar-refractivity contribution < 1.29 is 19.1 Å². The maximum Gasteiger partial charge on any atom is 0.335 e. The first kappa shape index (κ1) is 12.9. The molecular weight excluding hydrogens is 326 g/mol. The van der Waals surface area contributed by atoms with Gasteiger partial charge in [0, 0.05) is 12.2 Å². The van der Waals surface area contributed by atoms with E-state index >= 15 is 0 Å². The van der Waals surface area contributed by atoms with Crippen molar-refractivity contribution in [2.24, 2.45) is 0 Å². The number of rotatable bonds is 2. The van der Waals surface area contributed by atoms with Gasteiger partial charge in [0.15, 0.2) is 4.67 Å². The topological polar surface area (TPSA) is 70.8 Å². The standard InChI is InChI=1S/C14H10BrNO4/c15-12-10(4-6-20-12)13(17)16-5-3-8-7-9(14(18)19)1-2-11(8)16/h1-2,4,6-7H,3,5H2,(H,18,19). The Balaban J connectivity index is 1.96. The second-order valence-corrected chi connectivity index (χ2v) is 5.18. The number of amides is 1. The summed E-state index contributed by atoms with van der Waals surface area (Å²) < 4.78 is 5.48. The predicted molar refractivity (Wildman–Crippen MR) is 75.2 cm³/mol. The molecule has 2 aromatic rings. The highest BCUT2D eigenvalue weighted by Gasteiger charge is 2.28. The zero-order chi connectivity index (χ0) is 14.3. The number of carbonyl (C=O) groups is 2. The fourth-order valence-corrected chi connectivity index (χ4v) is 2.75. The summed E-state index contributed by atoms with van der Waals surface area (Å²) in [6.07, 6.45) is 2.10. The number of hydrogen-bond donors (Lipinski definition) is 1. The molecule has 0 atom stereocenters. The monoisotopic (exact) mass is 335 g/mol. The quantitative estimate of drug-likeness (QED) is 0.915. The molecule has 0 unspecified atom stereocenters. The summed E-state index contributed by atoms with van der Waals surface area (Å²) in [6.45, 7) is 0.537. The molecule has 1 amide bonds. The molecule has 0 bridgehead atoms. The van der Waals surface area contributed by atoms with Gasteiger partial charge < -0.3 is 14.4 Å². The van der Waals surface area contributed by atoms with Crippen LogP contribution in [0.1, 0.15) is 26.3 Å². The van der Waals surface area contributed by atoms with Crippen LogP contribution in [0.3, 0.4) is 0 Å². The van der Waals surface area contributed by atoms with Crippen LogP contribution < -0.4 is 4.90 Å². The Morgan fingerprint density at radius 2 is 2.10 bits per heavy atom. The predicted octanol–water partition coefficient (Wildman–Crippen LogP) is 2.94. The zero-order valence-corrected chi connectivity index (χ0v) is 11.9. The summed E-state index contributed by atoms with van der Waals surface area (Å²) in [6, 6.07) is 6.42. The van der Waals surface area contributed by atoms with Gasteiger partial charge in [-0.1, -0.05) is 0 Å². The van der Waals surface area contributed by atoms with Gasteiger partial charge in [0.25, 0.3) is 5.91 Å². The van der Waals surface area contributed by atoms with Crippen molar-refractivity contribution in [2.45, 2.75) is 6.42 Å². The molecule has 1 aromatic carbocycles. The highest BCUT2D eigenvalue weighted by atomic mass is 79.9. The fraction of sp³-hybridized carbons (Fsp3) is 0.143. The van der Waals surface area contributed by atoms with Crippen LogP contribution >= 0.6 is 15.9 Å². The van der Waals surface area contributed by atoms with E-state index in [-0.39, 0.29) is 11.5 Å². The van der Waals surface area contributed by atoms with Gasteiger partial charge in [0.1, 0.15) is 0 Å². The number of carboxylic acids is 1. The summed E-state index contributed by atoms with van der Waals surface area (Å²) in [5.74, 6) is -1.12. The summed E-state index contributed by atoms with van der Waals surface area (Å²) in [7, 11) is 0. The Morgan fingerprint density at radius 1 is 1.30 bits per heavy atom. The first-order valence-electron chi connectivity index (χ1n) is 5.99. The van der Waals surface area contributed by atoms with Crippen LogP contribution in [0.2, 0.25) is 0 Å². The number of fused-ring (bicyclic) bond motifs is 1. The molecule has 1 aromatic heterocycles. The molecule has 0 saturated heterocycles. The summed E-state index contributed by atoms with van der Waals surface area (Å²) in [5, 5.41) is 8.98. The van der Waals surface area contributed by atoms with E-state index in [1.165, 1.54) is 12.3 Å². The van der Waals surface area contributed by atoms with E-state index < -0.39 is 5.97 Å². The van der Waals surface area contributed by atoms with Crippen LogP contribution in [0.5, 0.6) is 0 Å². The van der Waals surface area contributed by atoms with Crippen LogP contribution in [0.15, 0.2) is 39.6 Å². The van der Waals surface area contributed by atoms with Crippen molar-refractivity contribution in [3.8, 4) is 0 Å². The van der Waals surface area contributed by atoms with E-state index in [0.717, 1.165) is 11.3 Å². The molecule has 0 aliphatic carbocycles. The van der Waals surface area contributed by atoms with E-state index in [9.17, 15) is 9.59 Å². The number of carboxylic acid groups (broad SMARTS) is 1. The van der Waals surface area contributed by atoms with Gasteiger partial charge in [-0.15, -0.1) is 0 Å². The van der Waals surface area contributed by atoms with E-state index in [2.05, 4.69) is 15.9 Å². The van der Waals surface area contributed by atoms with Gasteiger partial charge in [0.2, 0.25) is 0 Å². The van der Waals surface area contributed by atoms with Crippen LogP contribution in [0, 0.1) is 0 Å². The van der Waals surface area contributed by atoms with Gasteiger partial charge in [-0.2, -0.15) is 0 Å². The summed E-state index contributed by atoms with van der Waals surface area (Å²) in [4.78, 5) is 25.0. The second kappa shape index (κ2) is 4.79. The lowest BCUT2D eigenvalue weighted by atomic mass is 10.1. The van der Waals surface area contributed by atoms with Crippen molar-refractivity contribution in [1.82, 2.24) is 0 Å². The highest BCUT2D eigenvalue weighted by molar-refractivity contribution is 9.10. The molecule has 3 rings (SSSR count). The minimum Gasteiger partial charge on any atom is -0.478 e. The molecule has 6 heteroatoms. The largest absolute Gasteiger partial charge is 0.478 e. The lowest BCUT2D eigenvalue weighted by molar-refractivity contribution is 0.0696. The zero-order valence-electron chi connectivity index (χ0n) is 10.3. The molecule has 2 heterocycles. The Labute approximate surface area is 122 Å². The molecule has 0 radical (unpaired) electrons. The van der Waals surface area contributed by atoms with Crippen molar-refractivity contribution in [3.05, 3.63) is 51.9 Å². The number of aromatic carboxylic acids is 1. The maximum absolute atomic E-state index is 12.4. The van der Waals surface area contributed by atoms with E-state index in [4.69, 9.17) is 9.52 Å². The van der Waals surface area contributed by atoms with Crippen molar-refractivity contribution in [2.75, 3.05) is 11.4 Å². The van der Waals surface area contributed by atoms with Crippen LogP contribution in [0.25, 0.3) is 0 Å². The lowest BCUT2D eigenvalue weighted by Gasteiger charge is -2.16. The van der Waals surface area contributed by atoms with E-state index in [1.807, 2.05) is 0 Å². The third kappa shape index (κ3) is 2.02. The average Bonchev–Trinajstić information content (AvgIpc) is 3.03. The highest BCUT2D eigenvalue weighted by Crippen LogP contribution is 2.31. The second-order valence-electron chi connectivity index (χ2n) is 4.46. The lowest BCUT2D eigenvalue weighted by Crippen LogP contribution is -2.28. The third-order valence-corrected chi connectivity index (χ3v) is 3.93. The van der Waals surface area contributed by atoms with Crippen LogP contribution in [0.4, 0.5) is 5.69 Å². The third-order valence-electron chi connectivity index (χ3n) is 3.32. The molecule has 102 valence electrons. The molecule has 0 spiro atoms. The van der Waals surface area contributed by atoms with Crippen molar-refractivity contribution in [3.63, 3.8) is 0 Å². The molecule has 1 aliphatic heterocycles. The van der Waals surface area contributed by atoms with Gasteiger partial charge >= 0.3 is 5.97 Å². The fourth-order valence-electron chi connectivity index (χ4n) is 2.34.